The second-order valence-corrected chi connectivity index (χ2v) is 11.6. The highest BCUT2D eigenvalue weighted by molar-refractivity contribution is 8.77. The van der Waals surface area contributed by atoms with Crippen molar-refractivity contribution in [1.29, 1.82) is 0 Å². The normalized spacial score (nSPS) is 11.4. The number of aromatic nitrogens is 2. The molecule has 2 aromatic heterocycles. The maximum absolute atomic E-state index is 4.89. The quantitative estimate of drug-likeness (QED) is 0.228. The van der Waals surface area contributed by atoms with Gasteiger partial charge in [0.15, 0.2) is 8.68 Å². The molecular weight excluding hydrogens is 469 g/mol. The summed E-state index contributed by atoms with van der Waals surface area (Å²) in [4.78, 5) is 9.78. The highest BCUT2D eigenvalue weighted by Gasteiger charge is 2.12. The van der Waals surface area contributed by atoms with Gasteiger partial charge in [-0.25, -0.2) is 9.97 Å². The van der Waals surface area contributed by atoms with Crippen LogP contribution in [-0.2, 0) is 0 Å². The van der Waals surface area contributed by atoms with Crippen molar-refractivity contribution < 1.29 is 0 Å². The second-order valence-electron chi connectivity index (χ2n) is 7.22. The average Bonchev–Trinajstić information content (AvgIpc) is 3.52. The third kappa shape index (κ3) is 3.84. The summed E-state index contributed by atoms with van der Waals surface area (Å²) in [7, 11) is 3.36. The lowest BCUT2D eigenvalue weighted by molar-refractivity contribution is 1.26. The van der Waals surface area contributed by atoms with Crippen LogP contribution in [0.4, 0.5) is 0 Å². The van der Waals surface area contributed by atoms with Crippen molar-refractivity contribution in [1.82, 2.24) is 9.97 Å². The number of fused-ring (bicyclic) bond motifs is 2. The zero-order valence-electron chi connectivity index (χ0n) is 16.8. The first-order valence-corrected chi connectivity index (χ1v) is 14.0. The summed E-state index contributed by atoms with van der Waals surface area (Å²) in [6, 6.07) is 29.7. The van der Waals surface area contributed by atoms with Crippen LogP contribution in [0, 0.1) is 0 Å². The summed E-state index contributed by atoms with van der Waals surface area (Å²) >= 11 is 3.37. The Morgan fingerprint density at radius 2 is 0.938 bits per heavy atom. The minimum atomic E-state index is 1.03. The first-order valence-electron chi connectivity index (χ1n) is 10.1. The topological polar surface area (TPSA) is 25.8 Å². The molecule has 0 saturated carbocycles. The van der Waals surface area contributed by atoms with Gasteiger partial charge in [0.2, 0.25) is 0 Å². The molecule has 0 radical (unpaired) electrons. The SMILES string of the molecule is c1ccc2c(-c3csc(SSc4nc(-c5cccc6ccccc56)cs4)n3)cccc2c1. The van der Waals surface area contributed by atoms with Crippen molar-refractivity contribution in [3.05, 3.63) is 95.7 Å². The molecule has 154 valence electrons. The molecule has 6 rings (SSSR count). The molecule has 0 saturated heterocycles. The Hall–Kier alpha value is -2.64. The van der Waals surface area contributed by atoms with Gasteiger partial charge in [-0.15, -0.1) is 22.7 Å². The fourth-order valence-corrected chi connectivity index (χ4v) is 7.88. The zero-order valence-corrected chi connectivity index (χ0v) is 20.0. The zero-order chi connectivity index (χ0) is 21.3. The van der Waals surface area contributed by atoms with Crippen LogP contribution in [0.3, 0.4) is 0 Å². The Morgan fingerprint density at radius 1 is 0.500 bits per heavy atom. The van der Waals surface area contributed by atoms with Crippen molar-refractivity contribution in [2.75, 3.05) is 0 Å². The van der Waals surface area contributed by atoms with E-state index < -0.39 is 0 Å². The van der Waals surface area contributed by atoms with Crippen molar-refractivity contribution in [3.63, 3.8) is 0 Å². The molecule has 2 nitrogen and oxygen atoms in total. The summed E-state index contributed by atoms with van der Waals surface area (Å²) in [5.74, 6) is 0. The Morgan fingerprint density at radius 3 is 1.44 bits per heavy atom. The van der Waals surface area contributed by atoms with Gasteiger partial charge in [0.25, 0.3) is 0 Å². The molecule has 0 bridgehead atoms. The molecule has 6 heteroatoms. The lowest BCUT2D eigenvalue weighted by atomic mass is 10.0. The van der Waals surface area contributed by atoms with E-state index in [9.17, 15) is 0 Å². The summed E-state index contributed by atoms with van der Waals surface area (Å²) in [5.41, 5.74) is 4.43. The van der Waals surface area contributed by atoms with E-state index in [4.69, 9.17) is 9.97 Å². The monoisotopic (exact) mass is 484 g/mol. The number of benzene rings is 4. The Labute approximate surface area is 201 Å². The van der Waals surface area contributed by atoms with E-state index in [2.05, 4.69) is 95.7 Å². The molecule has 0 atom stereocenters. The predicted octanol–water partition coefficient (Wildman–Crippen LogP) is 9.04. The molecule has 0 aliphatic rings. The first kappa shape index (κ1) is 20.0. The van der Waals surface area contributed by atoms with Gasteiger partial charge in [-0.3, -0.25) is 0 Å². The number of rotatable bonds is 5. The van der Waals surface area contributed by atoms with Gasteiger partial charge >= 0.3 is 0 Å². The smallest absolute Gasteiger partial charge is 0.161 e. The van der Waals surface area contributed by atoms with E-state index in [-0.39, 0.29) is 0 Å². The van der Waals surface area contributed by atoms with Gasteiger partial charge in [0.1, 0.15) is 0 Å². The minimum Gasteiger partial charge on any atom is -0.229 e. The lowest BCUT2D eigenvalue weighted by Crippen LogP contribution is -1.81. The molecule has 0 aliphatic heterocycles. The van der Waals surface area contributed by atoms with Gasteiger partial charge < -0.3 is 0 Å². The maximum atomic E-state index is 4.89. The Bertz CT molecular complexity index is 1420. The number of hydrogen-bond donors (Lipinski definition) is 0. The van der Waals surface area contributed by atoms with Crippen LogP contribution in [-0.4, -0.2) is 9.97 Å². The lowest BCUT2D eigenvalue weighted by Gasteiger charge is -2.03. The van der Waals surface area contributed by atoms with Crippen LogP contribution in [0.5, 0.6) is 0 Å². The van der Waals surface area contributed by atoms with E-state index in [1.165, 1.54) is 32.7 Å². The van der Waals surface area contributed by atoms with Crippen LogP contribution < -0.4 is 0 Å². The highest BCUT2D eigenvalue weighted by atomic mass is 33.1. The average molecular weight is 485 g/mol. The van der Waals surface area contributed by atoms with E-state index >= 15 is 0 Å². The molecule has 6 aromatic rings. The summed E-state index contributed by atoms with van der Waals surface area (Å²) in [5, 5.41) is 9.26. The van der Waals surface area contributed by atoms with Crippen molar-refractivity contribution >= 4 is 65.8 Å². The van der Waals surface area contributed by atoms with E-state index in [1.807, 2.05) is 0 Å². The van der Waals surface area contributed by atoms with Gasteiger partial charge in [-0.1, -0.05) is 84.9 Å². The number of thiazole rings is 2. The molecule has 4 aromatic carbocycles. The fraction of sp³-hybridized carbons (Fsp3) is 0. The summed E-state index contributed by atoms with van der Waals surface area (Å²) in [6.07, 6.45) is 0. The van der Waals surface area contributed by atoms with E-state index in [0.717, 1.165) is 20.1 Å². The standard InChI is InChI=1S/C26H16N2S4/c1-3-11-19-17(7-1)9-5-13-21(19)23-15-29-25(27-23)31-32-26-28-24(16-30-26)22-14-6-10-18-8-2-4-12-20(18)22/h1-16H. The molecule has 0 amide bonds. The Kier molecular flexibility index (Phi) is 5.45. The van der Waals surface area contributed by atoms with E-state index in [1.54, 1.807) is 44.3 Å². The van der Waals surface area contributed by atoms with Gasteiger partial charge in [-0.2, -0.15) is 0 Å². The van der Waals surface area contributed by atoms with Gasteiger partial charge in [0, 0.05) is 21.9 Å². The molecule has 0 aliphatic carbocycles. The first-order chi connectivity index (χ1) is 15.8. The highest BCUT2D eigenvalue weighted by Crippen LogP contribution is 2.43. The second kappa shape index (κ2) is 8.71. The van der Waals surface area contributed by atoms with Gasteiger partial charge in [-0.05, 0) is 43.1 Å². The molecule has 0 unspecified atom stereocenters. The van der Waals surface area contributed by atoms with Crippen LogP contribution in [0.1, 0.15) is 0 Å². The van der Waals surface area contributed by atoms with Crippen LogP contribution >= 0.6 is 44.3 Å². The number of hydrogen-bond acceptors (Lipinski definition) is 6. The summed E-state index contributed by atoms with van der Waals surface area (Å²) < 4.78 is 2.08. The van der Waals surface area contributed by atoms with Crippen molar-refractivity contribution in [2.45, 2.75) is 8.68 Å². The summed E-state index contributed by atoms with van der Waals surface area (Å²) in [6.45, 7) is 0. The molecule has 2 heterocycles. The molecule has 0 fully saturated rings. The molecule has 0 spiro atoms. The van der Waals surface area contributed by atoms with Gasteiger partial charge in [0.05, 0.1) is 11.4 Å². The van der Waals surface area contributed by atoms with Crippen LogP contribution in [0.2, 0.25) is 0 Å². The van der Waals surface area contributed by atoms with Crippen molar-refractivity contribution in [2.24, 2.45) is 0 Å². The van der Waals surface area contributed by atoms with Crippen molar-refractivity contribution in [3.8, 4) is 22.5 Å². The molecule has 32 heavy (non-hydrogen) atoms. The third-order valence-corrected chi connectivity index (χ3v) is 10.0. The van der Waals surface area contributed by atoms with Crippen LogP contribution in [0.15, 0.2) is 104 Å². The van der Waals surface area contributed by atoms with Crippen LogP contribution in [0.25, 0.3) is 44.1 Å². The Balaban J connectivity index is 1.22. The largest absolute Gasteiger partial charge is 0.229 e. The predicted molar refractivity (Wildman–Crippen MR) is 142 cm³/mol. The van der Waals surface area contributed by atoms with E-state index in [0.29, 0.717) is 0 Å². The minimum absolute atomic E-state index is 1.03. The molecule has 0 N–H and O–H groups in total. The molecular formula is C26H16N2S4. The third-order valence-electron chi connectivity index (χ3n) is 5.28. The maximum Gasteiger partial charge on any atom is 0.161 e. The number of nitrogens with zero attached hydrogens (tertiary/aromatic N) is 2. The fourth-order valence-electron chi connectivity index (χ4n) is 3.81.